The maximum absolute atomic E-state index is 10.4. The molecule has 0 radical (unpaired) electrons. The topological polar surface area (TPSA) is 49.8 Å². The van der Waals surface area contributed by atoms with Gasteiger partial charge in [0.15, 0.2) is 0 Å². The van der Waals surface area contributed by atoms with E-state index in [1.165, 1.54) is 5.69 Å². The quantitative estimate of drug-likeness (QED) is 0.928. The number of carboxylic acids is 1. The average molecular weight is 314 g/mol. The van der Waals surface area contributed by atoms with Crippen molar-refractivity contribution in [3.8, 4) is 0 Å². The summed E-state index contributed by atoms with van der Waals surface area (Å²) in [5.74, 6) is -0.898. The molecular weight excluding hydrogens is 298 g/mol. The normalized spacial score (nSPS) is 16.8. The lowest BCUT2D eigenvalue weighted by molar-refractivity contribution is -0.144. The van der Waals surface area contributed by atoms with Crippen LogP contribution in [-0.4, -0.2) is 36.9 Å². The van der Waals surface area contributed by atoms with Crippen LogP contribution in [0.4, 0.5) is 5.69 Å². The van der Waals surface area contributed by atoms with Gasteiger partial charge in [-0.2, -0.15) is 0 Å². The van der Waals surface area contributed by atoms with Crippen molar-refractivity contribution in [3.63, 3.8) is 0 Å². The third-order valence-corrected chi connectivity index (χ3v) is 3.60. The highest BCUT2D eigenvalue weighted by atomic mass is 79.9. The molecule has 0 aliphatic carbocycles. The maximum Gasteiger partial charge on any atom is 0.329 e. The fraction of sp³-hybridized carbons (Fsp3) is 0.462. The molecule has 1 saturated heterocycles. The number of carbonyl (C=O) groups is 1. The van der Waals surface area contributed by atoms with Crippen LogP contribution in [0.25, 0.3) is 0 Å². The summed E-state index contributed by atoms with van der Waals surface area (Å²) in [7, 11) is 0. The van der Waals surface area contributed by atoms with E-state index in [1.807, 2.05) is 12.1 Å². The molecule has 0 aromatic heterocycles. The summed E-state index contributed by atoms with van der Waals surface area (Å²) in [6, 6.07) is 8.23. The lowest BCUT2D eigenvalue weighted by atomic mass is 10.1. The Morgan fingerprint density at radius 1 is 1.33 bits per heavy atom. The smallest absolute Gasteiger partial charge is 0.329 e. The van der Waals surface area contributed by atoms with Crippen LogP contribution < -0.4 is 4.90 Å². The van der Waals surface area contributed by atoms with Crippen LogP contribution in [0.15, 0.2) is 28.7 Å². The highest BCUT2D eigenvalue weighted by molar-refractivity contribution is 9.10. The lowest BCUT2D eigenvalue weighted by Gasteiger charge is -2.33. The molecule has 0 amide bonds. The molecule has 0 bridgehead atoms. The number of benzene rings is 1. The number of anilines is 1. The minimum absolute atomic E-state index is 0.0767. The third-order valence-electron chi connectivity index (χ3n) is 3.08. The van der Waals surface area contributed by atoms with E-state index in [0.717, 1.165) is 30.4 Å². The highest BCUT2D eigenvalue weighted by Crippen LogP contribution is 2.23. The zero-order valence-electron chi connectivity index (χ0n) is 10.0. The van der Waals surface area contributed by atoms with Crippen molar-refractivity contribution >= 4 is 27.6 Å². The Labute approximate surface area is 115 Å². The van der Waals surface area contributed by atoms with E-state index < -0.39 is 5.97 Å². The summed E-state index contributed by atoms with van der Waals surface area (Å²) >= 11 is 3.42. The van der Waals surface area contributed by atoms with Gasteiger partial charge in [-0.15, -0.1) is 0 Å². The average Bonchev–Trinajstić information content (AvgIpc) is 2.38. The fourth-order valence-corrected chi connectivity index (χ4v) is 2.39. The number of hydrogen-bond donors (Lipinski definition) is 1. The molecule has 0 atom stereocenters. The number of nitrogens with zero attached hydrogens (tertiary/aromatic N) is 1. The molecule has 5 heteroatoms. The van der Waals surface area contributed by atoms with E-state index >= 15 is 0 Å². The number of halogens is 1. The second-order valence-electron chi connectivity index (χ2n) is 4.37. The molecule has 98 valence electrons. The van der Waals surface area contributed by atoms with Crippen LogP contribution in [0.2, 0.25) is 0 Å². The summed E-state index contributed by atoms with van der Waals surface area (Å²) in [5, 5.41) is 8.56. The molecular formula is C13H16BrNO3. The molecule has 1 heterocycles. The minimum atomic E-state index is -0.898. The molecule has 1 aromatic rings. The largest absolute Gasteiger partial charge is 0.480 e. The van der Waals surface area contributed by atoms with Crippen LogP contribution in [0.1, 0.15) is 12.8 Å². The monoisotopic (exact) mass is 313 g/mol. The van der Waals surface area contributed by atoms with Gasteiger partial charge in [-0.3, -0.25) is 0 Å². The van der Waals surface area contributed by atoms with Crippen molar-refractivity contribution in [3.05, 3.63) is 28.7 Å². The van der Waals surface area contributed by atoms with E-state index in [4.69, 9.17) is 9.84 Å². The van der Waals surface area contributed by atoms with E-state index in [9.17, 15) is 4.79 Å². The summed E-state index contributed by atoms with van der Waals surface area (Å²) in [4.78, 5) is 12.7. The van der Waals surface area contributed by atoms with Gasteiger partial charge < -0.3 is 14.7 Å². The van der Waals surface area contributed by atoms with Crippen molar-refractivity contribution in [2.24, 2.45) is 0 Å². The molecule has 1 fully saturated rings. The molecule has 1 aliphatic rings. The summed E-state index contributed by atoms with van der Waals surface area (Å²) in [6.45, 7) is 1.63. The summed E-state index contributed by atoms with van der Waals surface area (Å²) in [6.07, 6.45) is 1.83. The van der Waals surface area contributed by atoms with Gasteiger partial charge in [0.1, 0.15) is 6.61 Å². The van der Waals surface area contributed by atoms with Crippen LogP contribution in [-0.2, 0) is 9.53 Å². The van der Waals surface area contributed by atoms with Crippen LogP contribution in [0.3, 0.4) is 0 Å². The van der Waals surface area contributed by atoms with E-state index in [-0.39, 0.29) is 12.7 Å². The maximum atomic E-state index is 10.4. The first-order chi connectivity index (χ1) is 8.65. The number of piperidine rings is 1. The standard InChI is InChI=1S/C13H16BrNO3/c14-10-1-3-11(4-2-10)15-7-5-12(6-8-15)18-9-13(16)17/h1-4,12H,5-9H2,(H,16,17). The summed E-state index contributed by atoms with van der Waals surface area (Å²) in [5.41, 5.74) is 1.20. The zero-order chi connectivity index (χ0) is 13.0. The lowest BCUT2D eigenvalue weighted by Crippen LogP contribution is -2.37. The predicted molar refractivity (Wildman–Crippen MR) is 73.0 cm³/mol. The van der Waals surface area contributed by atoms with Crippen LogP contribution in [0, 0.1) is 0 Å². The van der Waals surface area contributed by atoms with Crippen molar-refractivity contribution in [2.75, 3.05) is 24.6 Å². The minimum Gasteiger partial charge on any atom is -0.480 e. The number of carboxylic acid groups (broad SMARTS) is 1. The van der Waals surface area contributed by atoms with Crippen LogP contribution >= 0.6 is 15.9 Å². The third kappa shape index (κ3) is 3.71. The van der Waals surface area contributed by atoms with Gasteiger partial charge in [-0.25, -0.2) is 4.79 Å². The van der Waals surface area contributed by atoms with Gasteiger partial charge in [-0.1, -0.05) is 15.9 Å². The first-order valence-electron chi connectivity index (χ1n) is 5.99. The Balaban J connectivity index is 1.83. The Bertz CT molecular complexity index is 399. The molecule has 1 aromatic carbocycles. The Hall–Kier alpha value is -1.07. The van der Waals surface area contributed by atoms with Crippen molar-refractivity contribution < 1.29 is 14.6 Å². The Morgan fingerprint density at radius 3 is 2.50 bits per heavy atom. The van der Waals surface area contributed by atoms with Gasteiger partial charge in [0.25, 0.3) is 0 Å². The second-order valence-corrected chi connectivity index (χ2v) is 5.28. The molecule has 1 aliphatic heterocycles. The van der Waals surface area contributed by atoms with Crippen molar-refractivity contribution in [2.45, 2.75) is 18.9 Å². The van der Waals surface area contributed by atoms with Crippen LogP contribution in [0.5, 0.6) is 0 Å². The fourth-order valence-electron chi connectivity index (χ4n) is 2.12. The number of rotatable bonds is 4. The summed E-state index contributed by atoms with van der Waals surface area (Å²) < 4.78 is 6.39. The molecule has 2 rings (SSSR count). The molecule has 0 unspecified atom stereocenters. The highest BCUT2D eigenvalue weighted by Gasteiger charge is 2.20. The SMILES string of the molecule is O=C(O)COC1CCN(c2ccc(Br)cc2)CC1. The van der Waals surface area contributed by atoms with E-state index in [1.54, 1.807) is 0 Å². The first-order valence-corrected chi connectivity index (χ1v) is 6.78. The number of aliphatic carboxylic acids is 1. The second kappa shape index (κ2) is 6.20. The van der Waals surface area contributed by atoms with Crippen molar-refractivity contribution in [1.82, 2.24) is 0 Å². The van der Waals surface area contributed by atoms with Crippen molar-refractivity contribution in [1.29, 1.82) is 0 Å². The number of hydrogen-bond acceptors (Lipinski definition) is 3. The predicted octanol–water partition coefficient (Wildman–Crippen LogP) is 2.52. The van der Waals surface area contributed by atoms with E-state index in [2.05, 4.69) is 33.0 Å². The van der Waals surface area contributed by atoms with Gasteiger partial charge in [0, 0.05) is 23.2 Å². The Morgan fingerprint density at radius 2 is 1.94 bits per heavy atom. The molecule has 18 heavy (non-hydrogen) atoms. The van der Waals surface area contributed by atoms with Gasteiger partial charge in [0.05, 0.1) is 6.10 Å². The Kier molecular flexibility index (Phi) is 4.60. The molecule has 4 nitrogen and oxygen atoms in total. The molecule has 0 saturated carbocycles. The zero-order valence-corrected chi connectivity index (χ0v) is 11.6. The van der Waals surface area contributed by atoms with E-state index in [0.29, 0.717) is 0 Å². The van der Waals surface area contributed by atoms with Gasteiger partial charge in [-0.05, 0) is 37.1 Å². The number of ether oxygens (including phenoxy) is 1. The first kappa shape index (κ1) is 13.4. The van der Waals surface area contributed by atoms with Gasteiger partial charge >= 0.3 is 5.97 Å². The van der Waals surface area contributed by atoms with Gasteiger partial charge in [0.2, 0.25) is 0 Å². The molecule has 0 spiro atoms. The molecule has 1 N–H and O–H groups in total.